The van der Waals surface area contributed by atoms with Crippen LogP contribution in [0.25, 0.3) is 0 Å². The second-order valence-corrected chi connectivity index (χ2v) is 10.5. The maximum Gasteiger partial charge on any atom is 0.253 e. The van der Waals surface area contributed by atoms with Crippen molar-refractivity contribution in [1.82, 2.24) is 10.2 Å². The number of imide groups is 1. The Hall–Kier alpha value is -4.30. The van der Waals surface area contributed by atoms with Gasteiger partial charge in [0.15, 0.2) is 0 Å². The van der Waals surface area contributed by atoms with E-state index in [9.17, 15) is 19.2 Å². The van der Waals surface area contributed by atoms with E-state index in [1.54, 1.807) is 6.07 Å². The molecule has 0 radical (unpaired) electrons. The smallest absolute Gasteiger partial charge is 0.253 e. The van der Waals surface area contributed by atoms with Gasteiger partial charge in [0.25, 0.3) is 5.91 Å². The predicted molar refractivity (Wildman–Crippen MR) is 146 cm³/mol. The van der Waals surface area contributed by atoms with Gasteiger partial charge >= 0.3 is 0 Å². The Bertz CT molecular complexity index is 1470. The molecule has 3 aliphatic heterocycles. The molecule has 4 atom stereocenters. The number of carbonyl (C=O) groups excluding carboxylic acids is 4. The van der Waals surface area contributed by atoms with Gasteiger partial charge in [0.05, 0.1) is 18.4 Å². The van der Waals surface area contributed by atoms with Crippen LogP contribution >= 0.6 is 0 Å². The zero-order valence-electron chi connectivity index (χ0n) is 21.9. The van der Waals surface area contributed by atoms with Gasteiger partial charge in [0.2, 0.25) is 17.7 Å². The van der Waals surface area contributed by atoms with E-state index in [0.29, 0.717) is 23.4 Å². The zero-order valence-corrected chi connectivity index (χ0v) is 21.9. The maximum atomic E-state index is 14.3. The van der Waals surface area contributed by atoms with Crippen molar-refractivity contribution in [1.29, 1.82) is 0 Å². The van der Waals surface area contributed by atoms with Crippen LogP contribution in [-0.2, 0) is 31.3 Å². The van der Waals surface area contributed by atoms with Gasteiger partial charge in [-0.25, -0.2) is 0 Å². The van der Waals surface area contributed by atoms with E-state index in [4.69, 9.17) is 0 Å². The molecule has 6 rings (SSSR count). The fourth-order valence-corrected chi connectivity index (χ4v) is 6.42. The van der Waals surface area contributed by atoms with Gasteiger partial charge in [-0.2, -0.15) is 0 Å². The minimum atomic E-state index is -1.41. The van der Waals surface area contributed by atoms with Gasteiger partial charge in [-0.05, 0) is 37.1 Å². The number of benzene rings is 3. The van der Waals surface area contributed by atoms with Crippen LogP contribution in [-0.4, -0.2) is 41.1 Å². The van der Waals surface area contributed by atoms with Gasteiger partial charge in [-0.1, -0.05) is 73.2 Å². The van der Waals surface area contributed by atoms with Crippen LogP contribution in [0, 0.1) is 18.8 Å². The van der Waals surface area contributed by atoms with E-state index in [2.05, 4.69) is 10.6 Å². The molecule has 2 N–H and O–H groups in total. The number of anilines is 2. The molecule has 2 saturated heterocycles. The van der Waals surface area contributed by atoms with Gasteiger partial charge in [-0.3, -0.25) is 29.4 Å². The number of nitrogens with zero attached hydrogens (tertiary/aromatic N) is 2. The second-order valence-electron chi connectivity index (χ2n) is 10.5. The summed E-state index contributed by atoms with van der Waals surface area (Å²) in [5, 5.41) is 6.30. The molecule has 3 heterocycles. The molecule has 3 aromatic carbocycles. The number of carbonyl (C=O) groups is 4. The molecule has 1 spiro atoms. The molecule has 2 fully saturated rings. The molecule has 39 heavy (non-hydrogen) atoms. The predicted octanol–water partition coefficient (Wildman–Crippen LogP) is 3.36. The summed E-state index contributed by atoms with van der Waals surface area (Å²) in [6.45, 7) is 3.86. The molecular weight excluding hydrogens is 492 g/mol. The lowest BCUT2D eigenvalue weighted by Gasteiger charge is -2.30. The first-order valence-corrected chi connectivity index (χ1v) is 13.3. The first-order chi connectivity index (χ1) is 18.8. The molecule has 0 bridgehead atoms. The molecule has 198 valence electrons. The average molecular weight is 523 g/mol. The number of rotatable bonds is 6. The molecule has 0 saturated carbocycles. The fraction of sp³-hybridized carbons (Fsp3) is 0.290. The molecule has 3 aliphatic rings. The Morgan fingerprint density at radius 2 is 1.59 bits per heavy atom. The summed E-state index contributed by atoms with van der Waals surface area (Å²) in [4.78, 5) is 57.9. The molecule has 8 nitrogen and oxygen atoms in total. The van der Waals surface area contributed by atoms with Gasteiger partial charge < -0.3 is 10.2 Å². The van der Waals surface area contributed by atoms with E-state index >= 15 is 0 Å². The summed E-state index contributed by atoms with van der Waals surface area (Å²) in [7, 11) is 0. The Morgan fingerprint density at radius 3 is 2.31 bits per heavy atom. The van der Waals surface area contributed by atoms with Crippen molar-refractivity contribution in [2.75, 3.05) is 16.8 Å². The maximum absolute atomic E-state index is 14.3. The molecule has 8 heteroatoms. The highest BCUT2D eigenvalue weighted by Gasteiger charge is 2.71. The van der Waals surface area contributed by atoms with E-state index < -0.39 is 17.4 Å². The lowest BCUT2D eigenvalue weighted by molar-refractivity contribution is -0.143. The highest BCUT2D eigenvalue weighted by Crippen LogP contribution is 2.55. The van der Waals surface area contributed by atoms with E-state index in [1.807, 2.05) is 86.6 Å². The average Bonchev–Trinajstić information content (AvgIpc) is 3.51. The Morgan fingerprint density at radius 1 is 0.897 bits per heavy atom. The summed E-state index contributed by atoms with van der Waals surface area (Å²) in [6.07, 6.45) is 0.574. The van der Waals surface area contributed by atoms with Gasteiger partial charge in [0, 0.05) is 23.0 Å². The molecule has 0 aliphatic carbocycles. The minimum absolute atomic E-state index is 0.163. The molecular formula is C31H30N4O4. The third-order valence-electron chi connectivity index (χ3n) is 8.22. The fourth-order valence-electron chi connectivity index (χ4n) is 6.42. The summed E-state index contributed by atoms with van der Waals surface area (Å²) >= 11 is 0. The third-order valence-corrected chi connectivity index (χ3v) is 8.22. The number of hydrogen-bond donors (Lipinski definition) is 2. The van der Waals surface area contributed by atoms with E-state index in [0.717, 1.165) is 11.1 Å². The van der Waals surface area contributed by atoms with Crippen LogP contribution in [0.4, 0.5) is 11.4 Å². The van der Waals surface area contributed by atoms with Crippen molar-refractivity contribution in [2.24, 2.45) is 11.8 Å². The van der Waals surface area contributed by atoms with Crippen molar-refractivity contribution in [2.45, 2.75) is 38.4 Å². The number of likely N-dealkylation sites (tertiary alicyclic amines) is 1. The number of hydrogen-bond acceptors (Lipinski definition) is 5. The number of nitrogens with one attached hydrogen (secondary N) is 2. The summed E-state index contributed by atoms with van der Waals surface area (Å²) in [5.74, 6) is -2.89. The van der Waals surface area contributed by atoms with Crippen molar-refractivity contribution in [3.8, 4) is 0 Å². The SMILES string of the molecule is CC[C@H]1N[C@]2(C(=O)N(CC(=O)Nc3ccc(C)cc3)c3ccccc32)[C@@H]2C(=O)N(Cc3ccccc3)C(=O)[C@H]21. The monoisotopic (exact) mass is 522 g/mol. The van der Waals surface area contributed by atoms with Crippen molar-refractivity contribution >= 4 is 35.0 Å². The van der Waals surface area contributed by atoms with Crippen molar-refractivity contribution in [3.63, 3.8) is 0 Å². The van der Waals surface area contributed by atoms with Crippen LogP contribution in [0.5, 0.6) is 0 Å². The quantitative estimate of drug-likeness (QED) is 0.484. The number of amides is 4. The molecule has 0 aromatic heterocycles. The Balaban J connectivity index is 1.35. The lowest BCUT2D eigenvalue weighted by atomic mass is 9.76. The van der Waals surface area contributed by atoms with E-state index in [1.165, 1.54) is 9.80 Å². The van der Waals surface area contributed by atoms with Crippen LogP contribution in [0.2, 0.25) is 0 Å². The highest BCUT2D eigenvalue weighted by atomic mass is 16.2. The minimum Gasteiger partial charge on any atom is -0.325 e. The Kier molecular flexibility index (Phi) is 6.07. The lowest BCUT2D eigenvalue weighted by Crippen LogP contribution is -2.55. The van der Waals surface area contributed by atoms with Crippen molar-refractivity contribution < 1.29 is 19.2 Å². The standard InChI is InChI=1S/C31H30N4O4/c1-3-23-26-27(29(38)35(28(26)37)17-20-9-5-4-6-10-20)31(33-23)22-11-7-8-12-24(22)34(30(31)39)18-25(36)32-21-15-13-19(2)14-16-21/h4-16,23,26-27,33H,3,17-18H2,1-2H3,(H,32,36)/t23-,26+,27+,31+/m1/s1. The molecule has 4 amide bonds. The topological polar surface area (TPSA) is 98.8 Å². The van der Waals surface area contributed by atoms with Gasteiger partial charge in [-0.15, -0.1) is 0 Å². The van der Waals surface area contributed by atoms with Crippen LogP contribution in [0.1, 0.15) is 30.0 Å². The highest BCUT2D eigenvalue weighted by molar-refractivity contribution is 6.17. The first-order valence-electron chi connectivity index (χ1n) is 13.3. The molecule has 3 aromatic rings. The summed E-state index contributed by atoms with van der Waals surface area (Å²) < 4.78 is 0. The third kappa shape index (κ3) is 3.86. The number of fused-ring (bicyclic) bond motifs is 4. The summed E-state index contributed by atoms with van der Waals surface area (Å²) in [5.41, 5.74) is 2.35. The normalized spacial score (nSPS) is 25.4. The zero-order chi connectivity index (χ0) is 27.3. The van der Waals surface area contributed by atoms with Crippen LogP contribution < -0.4 is 15.5 Å². The largest absolute Gasteiger partial charge is 0.325 e. The molecule has 0 unspecified atom stereocenters. The second kappa shape index (κ2) is 9.47. The Labute approximate surface area is 227 Å². The van der Waals surface area contributed by atoms with Crippen molar-refractivity contribution in [3.05, 3.63) is 95.6 Å². The summed E-state index contributed by atoms with van der Waals surface area (Å²) in [6, 6.07) is 23.7. The van der Waals surface area contributed by atoms with Crippen LogP contribution in [0.15, 0.2) is 78.9 Å². The van der Waals surface area contributed by atoms with Crippen LogP contribution in [0.3, 0.4) is 0 Å². The van der Waals surface area contributed by atoms with Gasteiger partial charge in [0.1, 0.15) is 12.1 Å². The van der Waals surface area contributed by atoms with E-state index in [-0.39, 0.29) is 42.8 Å². The number of para-hydroxylation sites is 1. The first kappa shape index (κ1) is 25.0. The number of aryl methyl sites for hydroxylation is 1.